The molecule has 0 aromatic heterocycles. The average molecular weight is 199 g/mol. The SMILES string of the molecule is NC1(C(=O)O)[C@@H]2CC(C(=O)O)C[C@H]1C2. The fourth-order valence-electron chi connectivity index (χ4n) is 2.82. The van der Waals surface area contributed by atoms with E-state index in [-0.39, 0.29) is 11.8 Å². The van der Waals surface area contributed by atoms with Crippen molar-refractivity contribution < 1.29 is 19.8 Å². The van der Waals surface area contributed by atoms with E-state index in [1.807, 2.05) is 0 Å². The van der Waals surface area contributed by atoms with E-state index in [0.717, 1.165) is 6.42 Å². The molecule has 5 heteroatoms. The second-order valence-electron chi connectivity index (χ2n) is 4.37. The van der Waals surface area contributed by atoms with Crippen molar-refractivity contribution in [3.05, 3.63) is 0 Å². The number of carboxylic acid groups (broad SMARTS) is 2. The predicted molar refractivity (Wildman–Crippen MR) is 46.5 cm³/mol. The summed E-state index contributed by atoms with van der Waals surface area (Å²) in [5.74, 6) is -2.51. The lowest BCUT2D eigenvalue weighted by atomic mass is 9.50. The van der Waals surface area contributed by atoms with Crippen LogP contribution in [0.25, 0.3) is 0 Å². The molecule has 2 unspecified atom stereocenters. The molecule has 3 aliphatic carbocycles. The summed E-state index contributed by atoms with van der Waals surface area (Å²) in [7, 11) is 0. The Morgan fingerprint density at radius 1 is 1.14 bits per heavy atom. The highest BCUT2D eigenvalue weighted by Crippen LogP contribution is 2.54. The second kappa shape index (κ2) is 2.70. The molecule has 5 nitrogen and oxygen atoms in total. The van der Waals surface area contributed by atoms with Gasteiger partial charge in [0.25, 0.3) is 0 Å². The van der Waals surface area contributed by atoms with Gasteiger partial charge in [-0.2, -0.15) is 0 Å². The highest BCUT2D eigenvalue weighted by Gasteiger charge is 2.62. The van der Waals surface area contributed by atoms with Crippen molar-refractivity contribution in [2.75, 3.05) is 0 Å². The summed E-state index contributed by atoms with van der Waals surface area (Å²) in [6.07, 6.45) is 1.59. The summed E-state index contributed by atoms with van der Waals surface area (Å²) in [5.41, 5.74) is 4.62. The molecule has 2 bridgehead atoms. The fraction of sp³-hybridized carbons (Fsp3) is 0.778. The third-order valence-corrected chi connectivity index (χ3v) is 3.78. The number of hydrogen-bond donors (Lipinski definition) is 3. The zero-order valence-corrected chi connectivity index (χ0v) is 7.64. The topological polar surface area (TPSA) is 101 Å². The lowest BCUT2D eigenvalue weighted by Crippen LogP contribution is -2.70. The normalized spacial score (nSPS) is 45.4. The Hall–Kier alpha value is -1.10. The van der Waals surface area contributed by atoms with E-state index in [0.29, 0.717) is 12.8 Å². The molecule has 3 fully saturated rings. The maximum atomic E-state index is 10.9. The van der Waals surface area contributed by atoms with Gasteiger partial charge in [0.15, 0.2) is 0 Å². The molecular formula is C9H13NO4. The number of carboxylic acids is 2. The van der Waals surface area contributed by atoms with Gasteiger partial charge >= 0.3 is 11.9 Å². The smallest absolute Gasteiger partial charge is 0.324 e. The maximum absolute atomic E-state index is 10.9. The van der Waals surface area contributed by atoms with Gasteiger partial charge in [0, 0.05) is 0 Å². The summed E-state index contributed by atoms with van der Waals surface area (Å²) in [6, 6.07) is 0. The Bertz CT molecular complexity index is 289. The van der Waals surface area contributed by atoms with Gasteiger partial charge in [-0.05, 0) is 31.1 Å². The van der Waals surface area contributed by atoms with Crippen molar-refractivity contribution in [2.45, 2.75) is 24.8 Å². The van der Waals surface area contributed by atoms with Crippen LogP contribution in [0.1, 0.15) is 19.3 Å². The predicted octanol–water partition coefficient (Wildman–Crippen LogP) is -0.101. The van der Waals surface area contributed by atoms with E-state index < -0.39 is 23.4 Å². The molecule has 0 heterocycles. The van der Waals surface area contributed by atoms with Crippen LogP contribution in [0.5, 0.6) is 0 Å². The molecule has 4 atom stereocenters. The largest absolute Gasteiger partial charge is 0.481 e. The molecule has 4 N–H and O–H groups in total. The van der Waals surface area contributed by atoms with E-state index in [4.69, 9.17) is 15.9 Å². The quantitative estimate of drug-likeness (QED) is 0.576. The van der Waals surface area contributed by atoms with Crippen molar-refractivity contribution in [3.8, 4) is 0 Å². The molecule has 0 aliphatic heterocycles. The number of rotatable bonds is 2. The molecule has 0 aromatic carbocycles. The standard InChI is InChI=1S/C9H13NO4/c10-9(8(13)14)5-1-4(7(11)12)2-6(9)3-5/h4-6H,1-3,10H2,(H,11,12)(H,13,14)/t4?,5-,6+,9?. The zero-order chi connectivity index (χ0) is 10.5. The first-order valence-corrected chi connectivity index (χ1v) is 4.71. The minimum absolute atomic E-state index is 0.153. The van der Waals surface area contributed by atoms with Crippen LogP contribution < -0.4 is 5.73 Å². The second-order valence-corrected chi connectivity index (χ2v) is 4.37. The lowest BCUT2D eigenvalue weighted by Gasteiger charge is -2.56. The van der Waals surface area contributed by atoms with Crippen LogP contribution in [-0.4, -0.2) is 27.7 Å². The molecule has 78 valence electrons. The Labute approximate surface area is 80.9 Å². The zero-order valence-electron chi connectivity index (χ0n) is 7.64. The summed E-state index contributed by atoms with van der Waals surface area (Å²) < 4.78 is 0. The number of aliphatic carboxylic acids is 2. The highest BCUT2D eigenvalue weighted by atomic mass is 16.4. The van der Waals surface area contributed by atoms with Crippen LogP contribution in [0.4, 0.5) is 0 Å². The molecule has 14 heavy (non-hydrogen) atoms. The molecule has 3 aliphatic rings. The summed E-state index contributed by atoms with van der Waals surface area (Å²) in [6.45, 7) is 0. The van der Waals surface area contributed by atoms with E-state index in [2.05, 4.69) is 0 Å². The van der Waals surface area contributed by atoms with Crippen molar-refractivity contribution in [3.63, 3.8) is 0 Å². The van der Waals surface area contributed by atoms with Crippen molar-refractivity contribution in [1.82, 2.24) is 0 Å². The molecule has 0 saturated heterocycles. The number of hydrogen-bond acceptors (Lipinski definition) is 3. The van der Waals surface area contributed by atoms with Crippen LogP contribution in [0, 0.1) is 17.8 Å². The summed E-state index contributed by atoms with van der Waals surface area (Å²) in [4.78, 5) is 21.6. The molecule has 3 saturated carbocycles. The van der Waals surface area contributed by atoms with Gasteiger partial charge < -0.3 is 15.9 Å². The van der Waals surface area contributed by atoms with Gasteiger partial charge in [-0.3, -0.25) is 9.59 Å². The van der Waals surface area contributed by atoms with Gasteiger partial charge in [0.2, 0.25) is 0 Å². The first kappa shape index (κ1) is 9.45. The van der Waals surface area contributed by atoms with E-state index in [9.17, 15) is 9.59 Å². The van der Waals surface area contributed by atoms with Crippen molar-refractivity contribution in [2.24, 2.45) is 23.5 Å². The fourth-order valence-corrected chi connectivity index (χ4v) is 2.82. The molecule has 0 spiro atoms. The highest BCUT2D eigenvalue weighted by molar-refractivity contribution is 5.82. The Balaban J connectivity index is 2.13. The number of nitrogens with two attached hydrogens (primary N) is 1. The molecular weight excluding hydrogens is 186 g/mol. The first-order chi connectivity index (χ1) is 6.46. The van der Waals surface area contributed by atoms with Gasteiger partial charge in [-0.15, -0.1) is 0 Å². The van der Waals surface area contributed by atoms with Crippen LogP contribution in [0.3, 0.4) is 0 Å². The minimum Gasteiger partial charge on any atom is -0.481 e. The lowest BCUT2D eigenvalue weighted by molar-refractivity contribution is -0.169. The van der Waals surface area contributed by atoms with Crippen molar-refractivity contribution in [1.29, 1.82) is 0 Å². The monoisotopic (exact) mass is 199 g/mol. The third kappa shape index (κ3) is 0.987. The number of carbonyl (C=O) groups is 2. The van der Waals surface area contributed by atoms with E-state index >= 15 is 0 Å². The molecule has 0 amide bonds. The number of fused-ring (bicyclic) bond motifs is 2. The molecule has 0 aromatic rings. The van der Waals surface area contributed by atoms with Gasteiger partial charge in [-0.1, -0.05) is 0 Å². The maximum Gasteiger partial charge on any atom is 0.324 e. The van der Waals surface area contributed by atoms with Crippen molar-refractivity contribution >= 4 is 11.9 Å². The van der Waals surface area contributed by atoms with E-state index in [1.165, 1.54) is 0 Å². The first-order valence-electron chi connectivity index (χ1n) is 4.71. The van der Waals surface area contributed by atoms with Crippen LogP contribution in [0.2, 0.25) is 0 Å². The minimum atomic E-state index is -1.15. The summed E-state index contributed by atoms with van der Waals surface area (Å²) in [5, 5.41) is 17.7. The van der Waals surface area contributed by atoms with E-state index in [1.54, 1.807) is 0 Å². The average Bonchev–Trinajstić information content (AvgIpc) is 2.16. The summed E-state index contributed by atoms with van der Waals surface area (Å²) >= 11 is 0. The molecule has 0 radical (unpaired) electrons. The third-order valence-electron chi connectivity index (χ3n) is 3.78. The van der Waals surface area contributed by atoms with Crippen LogP contribution in [0.15, 0.2) is 0 Å². The van der Waals surface area contributed by atoms with Gasteiger partial charge in [0.1, 0.15) is 5.54 Å². The van der Waals surface area contributed by atoms with Gasteiger partial charge in [-0.25, -0.2) is 0 Å². The Morgan fingerprint density at radius 2 is 1.64 bits per heavy atom. The Kier molecular flexibility index (Phi) is 1.82. The van der Waals surface area contributed by atoms with Gasteiger partial charge in [0.05, 0.1) is 5.92 Å². The van der Waals surface area contributed by atoms with Crippen LogP contribution in [-0.2, 0) is 9.59 Å². The molecule has 3 rings (SSSR count). The van der Waals surface area contributed by atoms with Crippen LogP contribution >= 0.6 is 0 Å². The Morgan fingerprint density at radius 3 is 2.00 bits per heavy atom.